The second-order valence-corrected chi connectivity index (χ2v) is 9.96. The number of benzene rings is 1. The third-order valence-electron chi connectivity index (χ3n) is 5.33. The second kappa shape index (κ2) is 6.11. The molecule has 2 aromatic rings. The van der Waals surface area contributed by atoms with Gasteiger partial charge < -0.3 is 0 Å². The number of hydrogen-bond acceptors (Lipinski definition) is 4. The van der Waals surface area contributed by atoms with Crippen LogP contribution in [0.15, 0.2) is 30.3 Å². The highest BCUT2D eigenvalue weighted by atomic mass is 35.5. The number of nitrogens with zero attached hydrogens (tertiary/aromatic N) is 3. The van der Waals surface area contributed by atoms with Gasteiger partial charge in [0.1, 0.15) is 0 Å². The molecule has 5 nitrogen and oxygen atoms in total. The van der Waals surface area contributed by atoms with Crippen LogP contribution in [0, 0.1) is 0 Å². The molecule has 1 saturated heterocycles. The minimum atomic E-state index is -2.99. The first-order valence-corrected chi connectivity index (χ1v) is 10.8. The van der Waals surface area contributed by atoms with E-state index in [1.54, 1.807) is 0 Å². The van der Waals surface area contributed by atoms with Gasteiger partial charge in [0.05, 0.1) is 17.0 Å². The van der Waals surface area contributed by atoms with Gasteiger partial charge >= 0.3 is 0 Å². The summed E-state index contributed by atoms with van der Waals surface area (Å²) in [5.74, 6) is 0.383. The van der Waals surface area contributed by atoms with Crippen LogP contribution in [0.25, 0.3) is 0 Å². The van der Waals surface area contributed by atoms with Crippen molar-refractivity contribution in [3.8, 4) is 0 Å². The summed E-state index contributed by atoms with van der Waals surface area (Å²) in [5.41, 5.74) is 2.96. The van der Waals surface area contributed by atoms with Crippen LogP contribution in [0.3, 0.4) is 0 Å². The Morgan fingerprint density at radius 1 is 1.28 bits per heavy atom. The van der Waals surface area contributed by atoms with E-state index in [2.05, 4.69) is 34.3 Å². The summed E-state index contributed by atoms with van der Waals surface area (Å²) in [6.07, 6.45) is 1.45. The molecule has 0 amide bonds. The molecule has 1 atom stereocenters. The molecule has 2 aliphatic heterocycles. The van der Waals surface area contributed by atoms with Crippen LogP contribution in [0.4, 0.5) is 0 Å². The number of fused-ring (bicyclic) bond motifs is 1. The van der Waals surface area contributed by atoms with Crippen molar-refractivity contribution in [1.29, 1.82) is 0 Å². The maximum absolute atomic E-state index is 12.0. The number of rotatable bonds is 3. The molecule has 0 radical (unpaired) electrons. The van der Waals surface area contributed by atoms with E-state index in [1.165, 1.54) is 5.56 Å². The summed E-state index contributed by atoms with van der Waals surface area (Å²) >= 11 is 6.43. The van der Waals surface area contributed by atoms with E-state index in [9.17, 15) is 8.42 Å². The number of aromatic nitrogens is 2. The van der Waals surface area contributed by atoms with Crippen LogP contribution >= 0.6 is 11.6 Å². The standard InChI is InChI=1S/C18H22ClN3O2S/c1-18(8-10-25(23,24)13-18)22-16-7-9-21(12-15(16)17(19)20-22)11-14-5-3-2-4-6-14/h2-6H,7-13H2,1H3. The van der Waals surface area contributed by atoms with Crippen LogP contribution in [-0.4, -0.2) is 41.1 Å². The molecule has 1 unspecified atom stereocenters. The first-order valence-electron chi connectivity index (χ1n) is 8.60. The quantitative estimate of drug-likeness (QED) is 0.822. The van der Waals surface area contributed by atoms with Crippen molar-refractivity contribution in [3.05, 3.63) is 52.3 Å². The molecule has 3 heterocycles. The van der Waals surface area contributed by atoms with E-state index >= 15 is 0 Å². The molecule has 25 heavy (non-hydrogen) atoms. The summed E-state index contributed by atoms with van der Waals surface area (Å²) in [6, 6.07) is 10.4. The minimum Gasteiger partial charge on any atom is -0.294 e. The fourth-order valence-corrected chi connectivity index (χ4v) is 6.37. The predicted molar refractivity (Wildman–Crippen MR) is 98.4 cm³/mol. The molecule has 1 fully saturated rings. The van der Waals surface area contributed by atoms with Crippen molar-refractivity contribution in [1.82, 2.24) is 14.7 Å². The van der Waals surface area contributed by atoms with Crippen LogP contribution < -0.4 is 0 Å². The molecular formula is C18H22ClN3O2S. The fourth-order valence-electron chi connectivity index (χ4n) is 4.02. The third kappa shape index (κ3) is 3.23. The highest BCUT2D eigenvalue weighted by molar-refractivity contribution is 7.91. The summed E-state index contributed by atoms with van der Waals surface area (Å²) < 4.78 is 25.8. The highest BCUT2D eigenvalue weighted by Gasteiger charge is 2.43. The molecular weight excluding hydrogens is 358 g/mol. The second-order valence-electron chi connectivity index (χ2n) is 7.41. The number of halogens is 1. The zero-order valence-electron chi connectivity index (χ0n) is 14.3. The van der Waals surface area contributed by atoms with E-state index in [0.717, 1.165) is 37.3 Å². The van der Waals surface area contributed by atoms with Crippen LogP contribution in [0.2, 0.25) is 5.15 Å². The molecule has 1 aromatic heterocycles. The van der Waals surface area contributed by atoms with Crippen LogP contribution in [0.5, 0.6) is 0 Å². The molecule has 0 N–H and O–H groups in total. The molecule has 4 rings (SSSR count). The van der Waals surface area contributed by atoms with Crippen molar-refractivity contribution in [2.75, 3.05) is 18.1 Å². The Morgan fingerprint density at radius 2 is 2.04 bits per heavy atom. The lowest BCUT2D eigenvalue weighted by Gasteiger charge is -2.31. The van der Waals surface area contributed by atoms with E-state index in [1.807, 2.05) is 17.7 Å². The first kappa shape index (κ1) is 17.1. The van der Waals surface area contributed by atoms with Gasteiger partial charge in [0.15, 0.2) is 15.0 Å². The Balaban J connectivity index is 1.59. The Morgan fingerprint density at radius 3 is 2.72 bits per heavy atom. The first-order chi connectivity index (χ1) is 11.9. The zero-order valence-corrected chi connectivity index (χ0v) is 15.9. The molecule has 0 bridgehead atoms. The van der Waals surface area contributed by atoms with Gasteiger partial charge in [-0.2, -0.15) is 5.10 Å². The molecule has 0 aliphatic carbocycles. The van der Waals surface area contributed by atoms with Gasteiger partial charge in [-0.25, -0.2) is 8.42 Å². The smallest absolute Gasteiger partial charge is 0.155 e. The van der Waals surface area contributed by atoms with Crippen molar-refractivity contribution in [3.63, 3.8) is 0 Å². The van der Waals surface area contributed by atoms with Crippen molar-refractivity contribution < 1.29 is 8.42 Å². The van der Waals surface area contributed by atoms with E-state index in [4.69, 9.17) is 11.6 Å². The van der Waals surface area contributed by atoms with Gasteiger partial charge in [0.2, 0.25) is 0 Å². The summed E-state index contributed by atoms with van der Waals surface area (Å²) in [7, 11) is -2.99. The minimum absolute atomic E-state index is 0.151. The number of hydrogen-bond donors (Lipinski definition) is 0. The summed E-state index contributed by atoms with van der Waals surface area (Å²) in [4.78, 5) is 2.36. The Hall–Kier alpha value is -1.37. The monoisotopic (exact) mass is 379 g/mol. The van der Waals surface area contributed by atoms with Gasteiger partial charge in [0, 0.05) is 37.3 Å². The fraction of sp³-hybridized carbons (Fsp3) is 0.500. The highest BCUT2D eigenvalue weighted by Crippen LogP contribution is 2.36. The average Bonchev–Trinajstić information content (AvgIpc) is 3.06. The van der Waals surface area contributed by atoms with Gasteiger partial charge in [-0.15, -0.1) is 0 Å². The SMILES string of the molecule is CC1(n2nc(Cl)c3c2CCN(Cc2ccccc2)C3)CCS(=O)(=O)C1. The largest absolute Gasteiger partial charge is 0.294 e. The maximum Gasteiger partial charge on any atom is 0.155 e. The predicted octanol–water partition coefficient (Wildman–Crippen LogP) is 2.63. The van der Waals surface area contributed by atoms with Crippen molar-refractivity contribution in [2.24, 2.45) is 0 Å². The van der Waals surface area contributed by atoms with Gasteiger partial charge in [-0.3, -0.25) is 9.58 Å². The maximum atomic E-state index is 12.0. The molecule has 7 heteroatoms. The average molecular weight is 380 g/mol. The normalized spacial score (nSPS) is 25.8. The molecule has 1 aromatic carbocycles. The van der Waals surface area contributed by atoms with E-state index < -0.39 is 15.4 Å². The molecule has 0 saturated carbocycles. The van der Waals surface area contributed by atoms with E-state index in [-0.39, 0.29) is 11.5 Å². The lowest BCUT2D eigenvalue weighted by atomic mass is 10.00. The lowest BCUT2D eigenvalue weighted by Crippen LogP contribution is -2.37. The van der Waals surface area contributed by atoms with Crippen LogP contribution in [-0.2, 0) is 34.9 Å². The number of sulfone groups is 1. The molecule has 0 spiro atoms. The Kier molecular flexibility index (Phi) is 4.17. The third-order valence-corrected chi connectivity index (χ3v) is 7.52. The van der Waals surface area contributed by atoms with Gasteiger partial charge in [-0.05, 0) is 18.9 Å². The van der Waals surface area contributed by atoms with Gasteiger partial charge in [0.25, 0.3) is 0 Å². The van der Waals surface area contributed by atoms with Crippen LogP contribution in [0.1, 0.15) is 30.2 Å². The Labute approximate surface area is 153 Å². The summed E-state index contributed by atoms with van der Waals surface area (Å²) in [5, 5.41) is 5.06. The van der Waals surface area contributed by atoms with Crippen molar-refractivity contribution in [2.45, 2.75) is 38.4 Å². The molecule has 2 aliphatic rings. The molecule has 134 valence electrons. The summed E-state index contributed by atoms with van der Waals surface area (Å²) in [6.45, 7) is 4.55. The van der Waals surface area contributed by atoms with E-state index in [0.29, 0.717) is 11.6 Å². The van der Waals surface area contributed by atoms with Crippen molar-refractivity contribution >= 4 is 21.4 Å². The lowest BCUT2D eigenvalue weighted by molar-refractivity contribution is 0.233. The van der Waals surface area contributed by atoms with Gasteiger partial charge in [-0.1, -0.05) is 41.9 Å². The zero-order chi connectivity index (χ0) is 17.7. The Bertz CT molecular complexity index is 895. The topological polar surface area (TPSA) is 55.2 Å².